The van der Waals surface area contributed by atoms with Crippen molar-refractivity contribution in [2.75, 3.05) is 14.2 Å². The minimum atomic E-state index is 0.173. The molecule has 2 nitrogen and oxygen atoms in total. The van der Waals surface area contributed by atoms with Crippen molar-refractivity contribution in [3.05, 3.63) is 23.8 Å². The SMILES string of the molecule is COc1cc(OC)cc(C(C)(C)C2CCCCCC2)c1. The van der Waals surface area contributed by atoms with Crippen LogP contribution in [-0.2, 0) is 5.41 Å². The van der Waals surface area contributed by atoms with Gasteiger partial charge in [-0.15, -0.1) is 0 Å². The molecule has 1 aliphatic carbocycles. The molecule has 0 aliphatic heterocycles. The predicted molar refractivity (Wildman–Crippen MR) is 83.8 cm³/mol. The summed E-state index contributed by atoms with van der Waals surface area (Å²) in [4.78, 5) is 0. The fourth-order valence-corrected chi connectivity index (χ4v) is 3.42. The Balaban J connectivity index is 2.31. The lowest BCUT2D eigenvalue weighted by Gasteiger charge is -2.35. The second-order valence-electron chi connectivity index (χ2n) is 6.51. The highest BCUT2D eigenvalue weighted by Gasteiger charge is 2.32. The van der Waals surface area contributed by atoms with Crippen LogP contribution in [0.1, 0.15) is 57.9 Å². The molecular formula is C18H28O2. The van der Waals surface area contributed by atoms with E-state index in [9.17, 15) is 0 Å². The van der Waals surface area contributed by atoms with Gasteiger partial charge < -0.3 is 9.47 Å². The van der Waals surface area contributed by atoms with E-state index in [4.69, 9.17) is 9.47 Å². The summed E-state index contributed by atoms with van der Waals surface area (Å²) in [7, 11) is 3.44. The number of methoxy groups -OCH3 is 2. The third-order valence-electron chi connectivity index (χ3n) is 4.97. The molecule has 112 valence electrons. The second kappa shape index (κ2) is 6.51. The van der Waals surface area contributed by atoms with Crippen LogP contribution in [0.4, 0.5) is 0 Å². The molecule has 0 unspecified atom stereocenters. The van der Waals surface area contributed by atoms with Crippen LogP contribution in [0.15, 0.2) is 18.2 Å². The molecular weight excluding hydrogens is 248 g/mol. The zero-order valence-electron chi connectivity index (χ0n) is 13.4. The Morgan fingerprint density at radius 2 is 1.35 bits per heavy atom. The zero-order chi connectivity index (χ0) is 14.6. The van der Waals surface area contributed by atoms with E-state index >= 15 is 0 Å². The van der Waals surface area contributed by atoms with Crippen molar-refractivity contribution in [3.63, 3.8) is 0 Å². The van der Waals surface area contributed by atoms with Gasteiger partial charge in [0, 0.05) is 6.07 Å². The molecule has 0 spiro atoms. The van der Waals surface area contributed by atoms with Crippen molar-refractivity contribution in [2.45, 2.75) is 57.8 Å². The molecule has 1 aromatic rings. The van der Waals surface area contributed by atoms with Gasteiger partial charge in [0.05, 0.1) is 14.2 Å². The van der Waals surface area contributed by atoms with Gasteiger partial charge in [0.25, 0.3) is 0 Å². The van der Waals surface area contributed by atoms with E-state index in [0.717, 1.165) is 17.4 Å². The largest absolute Gasteiger partial charge is 0.497 e. The van der Waals surface area contributed by atoms with Crippen LogP contribution in [0.2, 0.25) is 0 Å². The molecule has 0 saturated heterocycles. The van der Waals surface area contributed by atoms with Crippen LogP contribution in [0.3, 0.4) is 0 Å². The number of rotatable bonds is 4. The fraction of sp³-hybridized carbons (Fsp3) is 0.667. The monoisotopic (exact) mass is 276 g/mol. The maximum atomic E-state index is 5.42. The van der Waals surface area contributed by atoms with Gasteiger partial charge in [0.15, 0.2) is 0 Å². The average molecular weight is 276 g/mol. The highest BCUT2D eigenvalue weighted by Crippen LogP contribution is 2.42. The quantitative estimate of drug-likeness (QED) is 0.724. The first-order valence-electron chi connectivity index (χ1n) is 7.81. The van der Waals surface area contributed by atoms with Gasteiger partial charge in [-0.3, -0.25) is 0 Å². The Kier molecular flexibility index (Phi) is 4.95. The number of hydrogen-bond acceptors (Lipinski definition) is 2. The predicted octanol–water partition coefficient (Wildman–Crippen LogP) is 4.95. The molecule has 2 rings (SSSR count). The van der Waals surface area contributed by atoms with Crippen LogP contribution in [-0.4, -0.2) is 14.2 Å². The van der Waals surface area contributed by atoms with Crippen LogP contribution < -0.4 is 9.47 Å². The molecule has 1 aliphatic rings. The summed E-state index contributed by atoms with van der Waals surface area (Å²) >= 11 is 0. The van der Waals surface area contributed by atoms with Gasteiger partial charge in [-0.1, -0.05) is 39.5 Å². The van der Waals surface area contributed by atoms with E-state index < -0.39 is 0 Å². The van der Waals surface area contributed by atoms with E-state index in [0.29, 0.717) is 0 Å². The van der Waals surface area contributed by atoms with Crippen molar-refractivity contribution in [1.29, 1.82) is 0 Å². The normalized spacial score (nSPS) is 17.6. The van der Waals surface area contributed by atoms with E-state index in [-0.39, 0.29) is 5.41 Å². The Morgan fingerprint density at radius 3 is 1.80 bits per heavy atom. The highest BCUT2D eigenvalue weighted by atomic mass is 16.5. The summed E-state index contributed by atoms with van der Waals surface area (Å²) in [6.45, 7) is 4.74. The molecule has 0 heterocycles. The van der Waals surface area contributed by atoms with E-state index in [2.05, 4.69) is 26.0 Å². The minimum Gasteiger partial charge on any atom is -0.497 e. The van der Waals surface area contributed by atoms with Crippen LogP contribution >= 0.6 is 0 Å². The van der Waals surface area contributed by atoms with Gasteiger partial charge in [0.2, 0.25) is 0 Å². The van der Waals surface area contributed by atoms with Crippen molar-refractivity contribution >= 4 is 0 Å². The third-order valence-corrected chi connectivity index (χ3v) is 4.97. The molecule has 2 heteroatoms. The maximum absolute atomic E-state index is 5.42. The molecule has 1 saturated carbocycles. The summed E-state index contributed by atoms with van der Waals surface area (Å²) in [5.74, 6) is 2.53. The topological polar surface area (TPSA) is 18.5 Å². The molecule has 0 N–H and O–H groups in total. The summed E-state index contributed by atoms with van der Waals surface area (Å²) in [6, 6.07) is 6.30. The summed E-state index contributed by atoms with van der Waals surface area (Å²) in [5.41, 5.74) is 1.51. The Bertz CT molecular complexity index is 407. The van der Waals surface area contributed by atoms with Crippen molar-refractivity contribution in [3.8, 4) is 11.5 Å². The average Bonchev–Trinajstić information content (AvgIpc) is 2.76. The summed E-state index contributed by atoms with van der Waals surface area (Å²) in [5, 5.41) is 0. The lowest BCUT2D eigenvalue weighted by atomic mass is 9.70. The first-order chi connectivity index (χ1) is 9.57. The fourth-order valence-electron chi connectivity index (χ4n) is 3.42. The number of hydrogen-bond donors (Lipinski definition) is 0. The second-order valence-corrected chi connectivity index (χ2v) is 6.51. The standard InChI is InChI=1S/C18H28O2/c1-18(2,14-9-7-5-6-8-10-14)15-11-16(19-3)13-17(12-15)20-4/h11-14H,5-10H2,1-4H3. The molecule has 0 radical (unpaired) electrons. The van der Waals surface area contributed by atoms with Crippen LogP contribution in [0.5, 0.6) is 11.5 Å². The van der Waals surface area contributed by atoms with Gasteiger partial charge in [-0.05, 0) is 41.9 Å². The van der Waals surface area contributed by atoms with E-state index in [1.54, 1.807) is 14.2 Å². The van der Waals surface area contributed by atoms with E-state index in [1.807, 2.05) is 6.07 Å². The molecule has 0 amide bonds. The minimum absolute atomic E-state index is 0.173. The first kappa shape index (κ1) is 15.2. The molecule has 0 bridgehead atoms. The highest BCUT2D eigenvalue weighted by molar-refractivity contribution is 5.41. The van der Waals surface area contributed by atoms with E-state index in [1.165, 1.54) is 44.1 Å². The zero-order valence-corrected chi connectivity index (χ0v) is 13.4. The number of benzene rings is 1. The molecule has 20 heavy (non-hydrogen) atoms. The smallest absolute Gasteiger partial charge is 0.122 e. The lowest BCUT2D eigenvalue weighted by Crippen LogP contribution is -2.28. The summed E-state index contributed by atoms with van der Waals surface area (Å²) in [6.07, 6.45) is 8.21. The molecule has 1 aromatic carbocycles. The van der Waals surface area contributed by atoms with Crippen molar-refractivity contribution in [1.82, 2.24) is 0 Å². The van der Waals surface area contributed by atoms with Crippen LogP contribution in [0.25, 0.3) is 0 Å². The van der Waals surface area contributed by atoms with Crippen molar-refractivity contribution in [2.24, 2.45) is 5.92 Å². The van der Waals surface area contributed by atoms with Crippen LogP contribution in [0, 0.1) is 5.92 Å². The van der Waals surface area contributed by atoms with Gasteiger partial charge in [-0.25, -0.2) is 0 Å². The summed E-state index contributed by atoms with van der Waals surface area (Å²) < 4.78 is 10.8. The molecule has 0 atom stereocenters. The van der Waals surface area contributed by atoms with Gasteiger partial charge in [-0.2, -0.15) is 0 Å². The third kappa shape index (κ3) is 3.28. The Labute approximate surface area is 123 Å². The van der Waals surface area contributed by atoms with Gasteiger partial charge >= 0.3 is 0 Å². The molecule has 0 aromatic heterocycles. The lowest BCUT2D eigenvalue weighted by molar-refractivity contribution is 0.282. The van der Waals surface area contributed by atoms with Crippen molar-refractivity contribution < 1.29 is 9.47 Å². The Morgan fingerprint density at radius 1 is 0.850 bits per heavy atom. The molecule has 1 fully saturated rings. The first-order valence-corrected chi connectivity index (χ1v) is 7.81. The Hall–Kier alpha value is -1.18. The van der Waals surface area contributed by atoms with Gasteiger partial charge in [0.1, 0.15) is 11.5 Å². The maximum Gasteiger partial charge on any atom is 0.122 e. The number of ether oxygens (including phenoxy) is 2.